The lowest BCUT2D eigenvalue weighted by Gasteiger charge is -2.38. The van der Waals surface area contributed by atoms with Crippen LogP contribution in [0.1, 0.15) is 38.5 Å². The Bertz CT molecular complexity index is 587. The Morgan fingerprint density at radius 1 is 1.00 bits per heavy atom. The van der Waals surface area contributed by atoms with E-state index in [9.17, 15) is 4.79 Å². The minimum Gasteiger partial charge on any atom is -0.355 e. The third-order valence-corrected chi connectivity index (χ3v) is 6.32. The van der Waals surface area contributed by atoms with Gasteiger partial charge in [0.15, 0.2) is 0 Å². The zero-order valence-electron chi connectivity index (χ0n) is 15.2. The molecule has 3 fully saturated rings. The van der Waals surface area contributed by atoms with Crippen molar-refractivity contribution in [2.24, 2.45) is 5.92 Å². The highest BCUT2D eigenvalue weighted by Gasteiger charge is 2.40. The van der Waals surface area contributed by atoms with Gasteiger partial charge in [0, 0.05) is 50.0 Å². The van der Waals surface area contributed by atoms with Crippen LogP contribution in [0.5, 0.6) is 0 Å². The van der Waals surface area contributed by atoms with E-state index in [0.717, 1.165) is 38.3 Å². The summed E-state index contributed by atoms with van der Waals surface area (Å²) >= 11 is 0. The SMILES string of the molecule is CN1CCC[C@@H]1[C@@H]1CCCN1C(=O)C1CCN(c2cnccn2)CC1. The molecule has 6 heteroatoms. The second kappa shape index (κ2) is 7.28. The van der Waals surface area contributed by atoms with E-state index in [2.05, 4.69) is 31.7 Å². The fraction of sp³-hybridized carbons (Fsp3) is 0.737. The van der Waals surface area contributed by atoms with Crippen LogP contribution in [0.3, 0.4) is 0 Å². The van der Waals surface area contributed by atoms with Crippen LogP contribution >= 0.6 is 0 Å². The molecule has 0 aromatic carbocycles. The van der Waals surface area contributed by atoms with E-state index in [1.165, 1.54) is 32.2 Å². The maximum atomic E-state index is 13.2. The van der Waals surface area contributed by atoms with Crippen LogP contribution in [-0.2, 0) is 4.79 Å². The molecule has 136 valence electrons. The molecule has 4 rings (SSSR count). The number of rotatable bonds is 3. The van der Waals surface area contributed by atoms with Gasteiger partial charge in [-0.1, -0.05) is 0 Å². The zero-order chi connectivity index (χ0) is 17.2. The molecule has 0 N–H and O–H groups in total. The third kappa shape index (κ3) is 3.36. The molecule has 3 saturated heterocycles. The van der Waals surface area contributed by atoms with Crippen molar-refractivity contribution in [2.45, 2.75) is 50.6 Å². The maximum absolute atomic E-state index is 13.2. The molecule has 0 unspecified atom stereocenters. The first-order valence-corrected chi connectivity index (χ1v) is 9.76. The van der Waals surface area contributed by atoms with Crippen molar-refractivity contribution in [1.29, 1.82) is 0 Å². The van der Waals surface area contributed by atoms with Gasteiger partial charge in [-0.3, -0.25) is 9.78 Å². The van der Waals surface area contributed by atoms with Gasteiger partial charge in [-0.25, -0.2) is 4.98 Å². The van der Waals surface area contributed by atoms with E-state index in [-0.39, 0.29) is 5.92 Å². The van der Waals surface area contributed by atoms with Crippen molar-refractivity contribution >= 4 is 11.7 Å². The zero-order valence-corrected chi connectivity index (χ0v) is 15.2. The first kappa shape index (κ1) is 16.8. The van der Waals surface area contributed by atoms with Gasteiger partial charge in [-0.15, -0.1) is 0 Å². The maximum Gasteiger partial charge on any atom is 0.226 e. The highest BCUT2D eigenvalue weighted by molar-refractivity contribution is 5.80. The van der Waals surface area contributed by atoms with Gasteiger partial charge in [0.05, 0.1) is 6.20 Å². The number of carbonyl (C=O) groups excluding carboxylic acids is 1. The Hall–Kier alpha value is -1.69. The predicted molar refractivity (Wildman–Crippen MR) is 97.4 cm³/mol. The molecular formula is C19H29N5O. The van der Waals surface area contributed by atoms with Gasteiger partial charge in [0.2, 0.25) is 5.91 Å². The van der Waals surface area contributed by atoms with Crippen molar-refractivity contribution in [3.8, 4) is 0 Å². The fourth-order valence-electron chi connectivity index (χ4n) is 4.93. The van der Waals surface area contributed by atoms with E-state index < -0.39 is 0 Å². The summed E-state index contributed by atoms with van der Waals surface area (Å²) in [6, 6.07) is 1.02. The van der Waals surface area contributed by atoms with Crippen molar-refractivity contribution in [2.75, 3.05) is 38.1 Å². The number of hydrogen-bond donors (Lipinski definition) is 0. The monoisotopic (exact) mass is 343 g/mol. The summed E-state index contributed by atoms with van der Waals surface area (Å²) in [7, 11) is 2.22. The van der Waals surface area contributed by atoms with E-state index in [0.29, 0.717) is 18.0 Å². The van der Waals surface area contributed by atoms with Crippen LogP contribution in [0.2, 0.25) is 0 Å². The standard InChI is InChI=1S/C19H29N5O/c1-22-10-2-4-16(22)17-5-3-11-24(17)19(25)15-6-12-23(13-7-15)18-14-20-8-9-21-18/h8-9,14-17H,2-7,10-13H2,1H3/t16-,17+/m1/s1. The van der Waals surface area contributed by atoms with Crippen molar-refractivity contribution < 1.29 is 4.79 Å². The molecule has 6 nitrogen and oxygen atoms in total. The predicted octanol–water partition coefficient (Wildman–Crippen LogP) is 1.78. The molecule has 25 heavy (non-hydrogen) atoms. The normalized spacial score (nSPS) is 28.7. The molecule has 4 heterocycles. The summed E-state index contributed by atoms with van der Waals surface area (Å²) in [6.07, 6.45) is 12.0. The fourth-order valence-corrected chi connectivity index (χ4v) is 4.93. The molecule has 0 radical (unpaired) electrons. The Kier molecular flexibility index (Phi) is 4.88. The lowest BCUT2D eigenvalue weighted by molar-refractivity contribution is -0.138. The molecule has 0 bridgehead atoms. The Morgan fingerprint density at radius 2 is 1.76 bits per heavy atom. The Balaban J connectivity index is 1.37. The van der Waals surface area contributed by atoms with Crippen LogP contribution in [-0.4, -0.2) is 71.0 Å². The van der Waals surface area contributed by atoms with Gasteiger partial charge >= 0.3 is 0 Å². The molecule has 3 aliphatic heterocycles. The minimum atomic E-state index is 0.181. The number of nitrogens with zero attached hydrogens (tertiary/aromatic N) is 5. The molecule has 2 atom stereocenters. The summed E-state index contributed by atoms with van der Waals surface area (Å²) in [6.45, 7) is 3.94. The van der Waals surface area contributed by atoms with Crippen LogP contribution in [0.25, 0.3) is 0 Å². The molecule has 3 aliphatic rings. The van der Waals surface area contributed by atoms with Crippen molar-refractivity contribution in [3.05, 3.63) is 18.6 Å². The molecule has 1 aromatic heterocycles. The van der Waals surface area contributed by atoms with E-state index in [1.54, 1.807) is 12.4 Å². The number of piperidine rings is 1. The van der Waals surface area contributed by atoms with Crippen molar-refractivity contribution in [3.63, 3.8) is 0 Å². The summed E-state index contributed by atoms with van der Waals surface area (Å²) in [5, 5.41) is 0. The second-order valence-corrected chi connectivity index (χ2v) is 7.76. The number of hydrogen-bond acceptors (Lipinski definition) is 5. The summed E-state index contributed by atoms with van der Waals surface area (Å²) in [5.41, 5.74) is 0. The largest absolute Gasteiger partial charge is 0.355 e. The number of anilines is 1. The van der Waals surface area contributed by atoms with Gasteiger partial charge in [0.1, 0.15) is 5.82 Å². The Morgan fingerprint density at radius 3 is 2.44 bits per heavy atom. The number of likely N-dealkylation sites (N-methyl/N-ethyl adjacent to an activating group) is 1. The van der Waals surface area contributed by atoms with Crippen LogP contribution < -0.4 is 4.90 Å². The molecule has 0 spiro atoms. The Labute approximate surface area is 150 Å². The van der Waals surface area contributed by atoms with Crippen molar-refractivity contribution in [1.82, 2.24) is 19.8 Å². The van der Waals surface area contributed by atoms with E-state index >= 15 is 0 Å². The lowest BCUT2D eigenvalue weighted by Crippen LogP contribution is -2.50. The van der Waals surface area contributed by atoms with E-state index in [4.69, 9.17) is 0 Å². The number of amides is 1. The molecule has 0 saturated carbocycles. The van der Waals surface area contributed by atoms with Crippen LogP contribution in [0, 0.1) is 5.92 Å². The van der Waals surface area contributed by atoms with Gasteiger partial charge in [0.25, 0.3) is 0 Å². The summed E-state index contributed by atoms with van der Waals surface area (Å²) < 4.78 is 0. The number of likely N-dealkylation sites (tertiary alicyclic amines) is 2. The summed E-state index contributed by atoms with van der Waals surface area (Å²) in [4.78, 5) is 28.7. The van der Waals surface area contributed by atoms with Gasteiger partial charge in [-0.05, 0) is 52.1 Å². The second-order valence-electron chi connectivity index (χ2n) is 7.76. The smallest absolute Gasteiger partial charge is 0.226 e. The molecular weight excluding hydrogens is 314 g/mol. The molecule has 1 amide bonds. The quantitative estimate of drug-likeness (QED) is 0.837. The first-order valence-electron chi connectivity index (χ1n) is 9.76. The topological polar surface area (TPSA) is 52.6 Å². The minimum absolute atomic E-state index is 0.181. The lowest BCUT2D eigenvalue weighted by atomic mass is 9.94. The average Bonchev–Trinajstić information content (AvgIpc) is 3.30. The van der Waals surface area contributed by atoms with Crippen LogP contribution in [0.4, 0.5) is 5.82 Å². The van der Waals surface area contributed by atoms with E-state index in [1.807, 2.05) is 6.20 Å². The highest BCUT2D eigenvalue weighted by atomic mass is 16.2. The first-order chi connectivity index (χ1) is 12.2. The number of aromatic nitrogens is 2. The van der Waals surface area contributed by atoms with Crippen LogP contribution in [0.15, 0.2) is 18.6 Å². The number of carbonyl (C=O) groups is 1. The third-order valence-electron chi connectivity index (χ3n) is 6.32. The molecule has 1 aromatic rings. The summed E-state index contributed by atoms with van der Waals surface area (Å²) in [5.74, 6) is 1.52. The highest BCUT2D eigenvalue weighted by Crippen LogP contribution is 2.32. The molecule has 0 aliphatic carbocycles. The average molecular weight is 343 g/mol. The van der Waals surface area contributed by atoms with Gasteiger partial charge < -0.3 is 14.7 Å². The van der Waals surface area contributed by atoms with Gasteiger partial charge in [-0.2, -0.15) is 0 Å².